The molecule has 0 aliphatic heterocycles. The number of guanidine groups is 1. The Morgan fingerprint density at radius 2 is 2.39 bits per heavy atom. The quantitative estimate of drug-likeness (QED) is 0.334. The lowest BCUT2D eigenvalue weighted by atomic mass is 10.3. The van der Waals surface area contributed by atoms with Gasteiger partial charge in [-0.25, -0.2) is 0 Å². The Kier molecular flexibility index (Phi) is 7.22. The van der Waals surface area contributed by atoms with E-state index in [4.69, 9.17) is 10.8 Å². The van der Waals surface area contributed by atoms with Crippen molar-refractivity contribution in [3.05, 3.63) is 24.2 Å². The maximum absolute atomic E-state index is 5.26. The highest BCUT2D eigenvalue weighted by Gasteiger charge is 1.98. The summed E-state index contributed by atoms with van der Waals surface area (Å²) in [6.07, 6.45) is 9.96. The van der Waals surface area contributed by atoms with Crippen molar-refractivity contribution >= 4 is 5.96 Å². The van der Waals surface area contributed by atoms with Gasteiger partial charge < -0.3 is 15.1 Å². The molecule has 4 nitrogen and oxygen atoms in total. The lowest BCUT2D eigenvalue weighted by molar-refractivity contribution is 0.507. The molecule has 0 radical (unpaired) electrons. The molecular weight excluding hydrogens is 226 g/mol. The van der Waals surface area contributed by atoms with Crippen molar-refractivity contribution < 1.29 is 4.42 Å². The van der Waals surface area contributed by atoms with Crippen LogP contribution in [0.4, 0.5) is 0 Å². The van der Waals surface area contributed by atoms with Gasteiger partial charge in [0.25, 0.3) is 0 Å². The van der Waals surface area contributed by atoms with E-state index in [9.17, 15) is 0 Å². The summed E-state index contributed by atoms with van der Waals surface area (Å²) in [5, 5.41) is 6.32. The van der Waals surface area contributed by atoms with Crippen molar-refractivity contribution in [2.75, 3.05) is 19.6 Å². The van der Waals surface area contributed by atoms with E-state index >= 15 is 0 Å². The maximum atomic E-state index is 5.26. The Morgan fingerprint density at radius 1 is 1.50 bits per heavy atom. The summed E-state index contributed by atoms with van der Waals surface area (Å²) in [5.41, 5.74) is 0. The molecule has 4 heteroatoms. The first-order chi connectivity index (χ1) is 8.86. The third-order valence-corrected chi connectivity index (χ3v) is 2.38. The molecule has 0 saturated carbocycles. The molecule has 2 N–H and O–H groups in total. The molecule has 0 amide bonds. The number of aliphatic imine (C=N–C) groups is 1. The summed E-state index contributed by atoms with van der Waals surface area (Å²) in [5.74, 6) is 4.28. The van der Waals surface area contributed by atoms with E-state index in [1.165, 1.54) is 0 Å². The minimum atomic E-state index is 0.485. The van der Waals surface area contributed by atoms with Gasteiger partial charge in [-0.3, -0.25) is 4.99 Å². The maximum Gasteiger partial charge on any atom is 0.192 e. The number of nitrogens with zero attached hydrogens (tertiary/aromatic N) is 1. The molecule has 0 saturated heterocycles. The number of hydrogen-bond donors (Lipinski definition) is 2. The molecule has 0 aliphatic rings. The third-order valence-electron chi connectivity index (χ3n) is 2.38. The number of terminal acetylenes is 1. The van der Waals surface area contributed by atoms with E-state index in [-0.39, 0.29) is 0 Å². The second-order valence-corrected chi connectivity index (χ2v) is 3.90. The zero-order valence-corrected chi connectivity index (χ0v) is 10.9. The minimum Gasteiger partial charge on any atom is -0.469 e. The molecule has 98 valence electrons. The Labute approximate surface area is 109 Å². The average molecular weight is 247 g/mol. The summed E-state index contributed by atoms with van der Waals surface area (Å²) in [6.45, 7) is 4.22. The van der Waals surface area contributed by atoms with Crippen LogP contribution >= 0.6 is 0 Å². The highest BCUT2D eigenvalue weighted by atomic mass is 16.3. The van der Waals surface area contributed by atoms with Gasteiger partial charge in [0.05, 0.1) is 12.8 Å². The summed E-state index contributed by atoms with van der Waals surface area (Å²) >= 11 is 0. The van der Waals surface area contributed by atoms with Gasteiger partial charge in [-0.15, -0.1) is 6.42 Å². The SMILES string of the molecule is C#CCNC(=NCCCC)NCCc1ccco1. The number of hydrogen-bond acceptors (Lipinski definition) is 2. The monoisotopic (exact) mass is 247 g/mol. The Bertz CT molecular complexity index is 376. The molecule has 0 spiro atoms. The Hall–Kier alpha value is -1.89. The van der Waals surface area contributed by atoms with Crippen LogP contribution in [-0.4, -0.2) is 25.6 Å². The summed E-state index contributed by atoms with van der Waals surface area (Å²) < 4.78 is 5.26. The van der Waals surface area contributed by atoms with Gasteiger partial charge in [0.2, 0.25) is 0 Å². The van der Waals surface area contributed by atoms with Crippen LogP contribution in [-0.2, 0) is 6.42 Å². The van der Waals surface area contributed by atoms with Crippen LogP contribution in [0.1, 0.15) is 25.5 Å². The number of furan rings is 1. The van der Waals surface area contributed by atoms with Crippen LogP contribution < -0.4 is 10.6 Å². The van der Waals surface area contributed by atoms with Gasteiger partial charge in [0.1, 0.15) is 5.76 Å². The molecule has 0 aromatic carbocycles. The standard InChI is InChI=1S/C14H21N3O/c1-3-5-10-16-14(15-9-4-2)17-11-8-13-7-6-12-18-13/h2,6-7,12H,3,5,8-11H2,1H3,(H2,15,16,17). The molecule has 1 aromatic heterocycles. The molecule has 18 heavy (non-hydrogen) atoms. The second-order valence-electron chi connectivity index (χ2n) is 3.90. The van der Waals surface area contributed by atoms with Crippen LogP contribution in [0.3, 0.4) is 0 Å². The predicted octanol–water partition coefficient (Wildman–Crippen LogP) is 1.79. The largest absolute Gasteiger partial charge is 0.469 e. The molecule has 1 heterocycles. The van der Waals surface area contributed by atoms with Gasteiger partial charge in [-0.2, -0.15) is 0 Å². The Balaban J connectivity index is 2.30. The van der Waals surface area contributed by atoms with Crippen LogP contribution in [0.5, 0.6) is 0 Å². The first-order valence-corrected chi connectivity index (χ1v) is 6.34. The van der Waals surface area contributed by atoms with Crippen LogP contribution in [0, 0.1) is 12.3 Å². The normalized spacial score (nSPS) is 11.0. The smallest absolute Gasteiger partial charge is 0.192 e. The lowest BCUT2D eigenvalue weighted by Crippen LogP contribution is -2.38. The number of nitrogens with one attached hydrogen (secondary N) is 2. The van der Waals surface area contributed by atoms with Crippen LogP contribution in [0.25, 0.3) is 0 Å². The zero-order chi connectivity index (χ0) is 13.1. The third kappa shape index (κ3) is 6.00. The zero-order valence-electron chi connectivity index (χ0n) is 10.9. The van der Waals surface area contributed by atoms with Crippen LogP contribution in [0.2, 0.25) is 0 Å². The molecule has 0 unspecified atom stereocenters. The first kappa shape index (κ1) is 14.2. The van der Waals surface area contributed by atoms with E-state index in [0.29, 0.717) is 6.54 Å². The van der Waals surface area contributed by atoms with Gasteiger partial charge in [-0.1, -0.05) is 19.3 Å². The Morgan fingerprint density at radius 3 is 3.06 bits per heavy atom. The molecule has 0 fully saturated rings. The first-order valence-electron chi connectivity index (χ1n) is 6.34. The lowest BCUT2D eigenvalue weighted by Gasteiger charge is -2.10. The number of rotatable bonds is 7. The van der Waals surface area contributed by atoms with E-state index in [0.717, 1.165) is 44.1 Å². The van der Waals surface area contributed by atoms with Crippen molar-refractivity contribution in [3.63, 3.8) is 0 Å². The van der Waals surface area contributed by atoms with Crippen LogP contribution in [0.15, 0.2) is 27.8 Å². The van der Waals surface area contributed by atoms with Crippen molar-refractivity contribution in [1.82, 2.24) is 10.6 Å². The van der Waals surface area contributed by atoms with Crippen molar-refractivity contribution in [2.24, 2.45) is 4.99 Å². The molecule has 1 aromatic rings. The van der Waals surface area contributed by atoms with Gasteiger partial charge in [-0.05, 0) is 18.6 Å². The van der Waals surface area contributed by atoms with E-state index in [2.05, 4.69) is 28.5 Å². The fraction of sp³-hybridized carbons (Fsp3) is 0.500. The van der Waals surface area contributed by atoms with E-state index < -0.39 is 0 Å². The highest BCUT2D eigenvalue weighted by molar-refractivity contribution is 5.80. The van der Waals surface area contributed by atoms with Gasteiger partial charge >= 0.3 is 0 Å². The molecule has 1 rings (SSSR count). The van der Waals surface area contributed by atoms with Gasteiger partial charge in [0.15, 0.2) is 5.96 Å². The van der Waals surface area contributed by atoms with Crippen molar-refractivity contribution in [1.29, 1.82) is 0 Å². The fourth-order valence-corrected chi connectivity index (χ4v) is 1.42. The summed E-state index contributed by atoms with van der Waals surface area (Å²) in [7, 11) is 0. The topological polar surface area (TPSA) is 49.6 Å². The molecule has 0 atom stereocenters. The van der Waals surface area contributed by atoms with Crippen molar-refractivity contribution in [3.8, 4) is 12.3 Å². The van der Waals surface area contributed by atoms with E-state index in [1.807, 2.05) is 12.1 Å². The predicted molar refractivity (Wildman–Crippen MR) is 74.5 cm³/mol. The summed E-state index contributed by atoms with van der Waals surface area (Å²) in [4.78, 5) is 4.44. The molecule has 0 aliphatic carbocycles. The summed E-state index contributed by atoms with van der Waals surface area (Å²) in [6, 6.07) is 3.85. The minimum absolute atomic E-state index is 0.485. The number of unbranched alkanes of at least 4 members (excludes halogenated alkanes) is 1. The average Bonchev–Trinajstić information content (AvgIpc) is 2.88. The highest BCUT2D eigenvalue weighted by Crippen LogP contribution is 1.99. The van der Waals surface area contributed by atoms with Gasteiger partial charge in [0, 0.05) is 19.5 Å². The fourth-order valence-electron chi connectivity index (χ4n) is 1.42. The molecular formula is C14H21N3O. The van der Waals surface area contributed by atoms with Crippen molar-refractivity contribution in [2.45, 2.75) is 26.2 Å². The molecule has 0 bridgehead atoms. The van der Waals surface area contributed by atoms with E-state index in [1.54, 1.807) is 6.26 Å². The second kappa shape index (κ2) is 9.17.